The Morgan fingerprint density at radius 2 is 2.17 bits per heavy atom. The highest BCUT2D eigenvalue weighted by Crippen LogP contribution is 2.33. The summed E-state index contributed by atoms with van der Waals surface area (Å²) in [6, 6.07) is 0.318. The SMILES string of the molecule is CCNC(C)c1nnc(CC2CC(OCC)C2)s1. The van der Waals surface area contributed by atoms with Crippen LogP contribution in [0.1, 0.15) is 49.7 Å². The highest BCUT2D eigenvalue weighted by Gasteiger charge is 2.30. The summed E-state index contributed by atoms with van der Waals surface area (Å²) in [5.41, 5.74) is 0. The number of rotatable bonds is 7. The van der Waals surface area contributed by atoms with E-state index in [0.29, 0.717) is 12.1 Å². The van der Waals surface area contributed by atoms with Crippen molar-refractivity contribution in [2.45, 2.75) is 52.2 Å². The predicted molar refractivity (Wildman–Crippen MR) is 73.8 cm³/mol. The van der Waals surface area contributed by atoms with E-state index in [2.05, 4.69) is 36.3 Å². The van der Waals surface area contributed by atoms with Crippen molar-refractivity contribution in [3.63, 3.8) is 0 Å². The van der Waals surface area contributed by atoms with Gasteiger partial charge >= 0.3 is 0 Å². The third-order valence-electron chi connectivity index (χ3n) is 3.42. The number of hydrogen-bond acceptors (Lipinski definition) is 5. The summed E-state index contributed by atoms with van der Waals surface area (Å²) in [6.07, 6.45) is 3.94. The lowest BCUT2D eigenvalue weighted by Gasteiger charge is -2.34. The molecule has 1 N–H and O–H groups in total. The molecule has 1 atom stereocenters. The molecule has 0 saturated heterocycles. The Kier molecular flexibility index (Phi) is 5.09. The Morgan fingerprint density at radius 3 is 2.83 bits per heavy atom. The first-order valence-electron chi connectivity index (χ1n) is 6.90. The zero-order chi connectivity index (χ0) is 13.0. The highest BCUT2D eigenvalue weighted by atomic mass is 32.1. The maximum atomic E-state index is 5.58. The van der Waals surface area contributed by atoms with Crippen molar-refractivity contribution in [1.29, 1.82) is 0 Å². The van der Waals surface area contributed by atoms with Crippen LogP contribution in [0.5, 0.6) is 0 Å². The van der Waals surface area contributed by atoms with Crippen LogP contribution in [0, 0.1) is 5.92 Å². The van der Waals surface area contributed by atoms with Crippen LogP contribution in [-0.4, -0.2) is 29.5 Å². The van der Waals surface area contributed by atoms with E-state index in [1.807, 2.05) is 0 Å². The van der Waals surface area contributed by atoms with Crippen molar-refractivity contribution in [3.8, 4) is 0 Å². The summed E-state index contributed by atoms with van der Waals surface area (Å²) in [4.78, 5) is 0. The van der Waals surface area contributed by atoms with E-state index < -0.39 is 0 Å². The zero-order valence-electron chi connectivity index (χ0n) is 11.5. The average molecular weight is 269 g/mol. The molecule has 1 aromatic rings. The molecule has 1 saturated carbocycles. The van der Waals surface area contributed by atoms with E-state index in [4.69, 9.17) is 4.74 Å². The monoisotopic (exact) mass is 269 g/mol. The molecule has 102 valence electrons. The molecule has 1 fully saturated rings. The quantitative estimate of drug-likeness (QED) is 0.826. The van der Waals surface area contributed by atoms with Crippen LogP contribution in [0.3, 0.4) is 0 Å². The molecule has 5 heteroatoms. The van der Waals surface area contributed by atoms with Gasteiger partial charge in [-0.25, -0.2) is 0 Å². The molecular formula is C13H23N3OS. The molecule has 4 nitrogen and oxygen atoms in total. The maximum Gasteiger partial charge on any atom is 0.134 e. The fourth-order valence-corrected chi connectivity index (χ4v) is 3.36. The minimum Gasteiger partial charge on any atom is -0.378 e. The lowest BCUT2D eigenvalue weighted by atomic mass is 9.80. The normalized spacial score (nSPS) is 24.8. The van der Waals surface area contributed by atoms with Crippen LogP contribution in [0.2, 0.25) is 0 Å². The molecule has 0 bridgehead atoms. The first-order valence-corrected chi connectivity index (χ1v) is 7.71. The second-order valence-corrected chi connectivity index (χ2v) is 6.03. The largest absolute Gasteiger partial charge is 0.378 e. The van der Waals surface area contributed by atoms with Crippen LogP contribution in [-0.2, 0) is 11.2 Å². The average Bonchev–Trinajstić information content (AvgIpc) is 2.75. The third-order valence-corrected chi connectivity index (χ3v) is 4.55. The second kappa shape index (κ2) is 6.59. The zero-order valence-corrected chi connectivity index (χ0v) is 12.3. The van der Waals surface area contributed by atoms with Crippen molar-refractivity contribution >= 4 is 11.3 Å². The van der Waals surface area contributed by atoms with Gasteiger partial charge in [-0.2, -0.15) is 0 Å². The van der Waals surface area contributed by atoms with Crippen LogP contribution in [0.4, 0.5) is 0 Å². The van der Waals surface area contributed by atoms with Crippen LogP contribution in [0.15, 0.2) is 0 Å². The van der Waals surface area contributed by atoms with Crippen LogP contribution >= 0.6 is 11.3 Å². The number of nitrogens with one attached hydrogen (secondary N) is 1. The summed E-state index contributed by atoms with van der Waals surface area (Å²) in [6.45, 7) is 8.12. The van der Waals surface area contributed by atoms with Gasteiger partial charge in [-0.1, -0.05) is 18.3 Å². The van der Waals surface area contributed by atoms with E-state index in [1.165, 1.54) is 17.8 Å². The molecule has 0 spiro atoms. The van der Waals surface area contributed by atoms with Gasteiger partial charge in [-0.15, -0.1) is 10.2 Å². The molecule has 0 aromatic carbocycles. The molecule has 1 aliphatic carbocycles. The second-order valence-electron chi connectivity index (χ2n) is 4.93. The molecule has 1 aliphatic rings. The smallest absolute Gasteiger partial charge is 0.134 e. The van der Waals surface area contributed by atoms with Gasteiger partial charge in [0.05, 0.1) is 12.1 Å². The lowest BCUT2D eigenvalue weighted by molar-refractivity contribution is -0.0240. The molecule has 1 aromatic heterocycles. The molecular weight excluding hydrogens is 246 g/mol. The van der Waals surface area contributed by atoms with E-state index >= 15 is 0 Å². The molecule has 18 heavy (non-hydrogen) atoms. The standard InChI is InChI=1S/C13H23N3OS/c1-4-14-9(3)13-16-15-12(18-13)8-10-6-11(7-10)17-5-2/h9-11,14H,4-8H2,1-3H3. The highest BCUT2D eigenvalue weighted by molar-refractivity contribution is 7.11. The Morgan fingerprint density at radius 1 is 1.39 bits per heavy atom. The first kappa shape index (κ1) is 13.9. The van der Waals surface area contributed by atoms with Gasteiger partial charge in [-0.3, -0.25) is 0 Å². The number of aromatic nitrogens is 2. The van der Waals surface area contributed by atoms with Crippen molar-refractivity contribution in [2.24, 2.45) is 5.92 Å². The fourth-order valence-electron chi connectivity index (χ4n) is 2.38. The predicted octanol–water partition coefficient (Wildman–Crippen LogP) is 2.57. The minimum absolute atomic E-state index is 0.318. The minimum atomic E-state index is 0.318. The number of nitrogens with zero attached hydrogens (tertiary/aromatic N) is 2. The van der Waals surface area contributed by atoms with Crippen LogP contribution in [0.25, 0.3) is 0 Å². The topological polar surface area (TPSA) is 47.0 Å². The lowest BCUT2D eigenvalue weighted by Crippen LogP contribution is -2.32. The summed E-state index contributed by atoms with van der Waals surface area (Å²) >= 11 is 1.75. The van der Waals surface area contributed by atoms with Gasteiger partial charge in [0.15, 0.2) is 0 Å². The summed E-state index contributed by atoms with van der Waals surface area (Å²) < 4.78 is 5.58. The van der Waals surface area contributed by atoms with Crippen molar-refractivity contribution in [1.82, 2.24) is 15.5 Å². The Labute approximate surface area is 113 Å². The summed E-state index contributed by atoms with van der Waals surface area (Å²) in [5.74, 6) is 0.747. The van der Waals surface area contributed by atoms with E-state index in [0.717, 1.165) is 30.5 Å². The van der Waals surface area contributed by atoms with E-state index in [9.17, 15) is 0 Å². The molecule has 1 heterocycles. The molecule has 2 rings (SSSR count). The Bertz CT molecular complexity index is 363. The summed E-state index contributed by atoms with van der Waals surface area (Å²) in [5, 5.41) is 14.2. The van der Waals surface area contributed by atoms with Gasteiger partial charge in [-0.05, 0) is 39.2 Å². The number of ether oxygens (including phenoxy) is 1. The van der Waals surface area contributed by atoms with Gasteiger partial charge in [0, 0.05) is 13.0 Å². The molecule has 0 amide bonds. The van der Waals surface area contributed by atoms with Gasteiger partial charge in [0.2, 0.25) is 0 Å². The van der Waals surface area contributed by atoms with Crippen molar-refractivity contribution in [2.75, 3.05) is 13.2 Å². The van der Waals surface area contributed by atoms with Crippen LogP contribution < -0.4 is 5.32 Å². The molecule has 0 aliphatic heterocycles. The maximum absolute atomic E-state index is 5.58. The Balaban J connectivity index is 1.77. The van der Waals surface area contributed by atoms with Gasteiger partial charge in [0.1, 0.15) is 10.0 Å². The van der Waals surface area contributed by atoms with Crippen molar-refractivity contribution < 1.29 is 4.74 Å². The van der Waals surface area contributed by atoms with Gasteiger partial charge in [0.25, 0.3) is 0 Å². The fraction of sp³-hybridized carbons (Fsp3) is 0.846. The van der Waals surface area contributed by atoms with Gasteiger partial charge < -0.3 is 10.1 Å². The van der Waals surface area contributed by atoms with Crippen molar-refractivity contribution in [3.05, 3.63) is 10.0 Å². The van der Waals surface area contributed by atoms with E-state index in [1.54, 1.807) is 11.3 Å². The molecule has 0 radical (unpaired) electrons. The molecule has 1 unspecified atom stereocenters. The first-order chi connectivity index (χ1) is 8.72. The third kappa shape index (κ3) is 3.49. The summed E-state index contributed by atoms with van der Waals surface area (Å²) in [7, 11) is 0. The Hall–Kier alpha value is -0.520. The number of hydrogen-bond donors (Lipinski definition) is 1. The van der Waals surface area contributed by atoms with E-state index in [-0.39, 0.29) is 0 Å².